The minimum atomic E-state index is -0.607. The maximum absolute atomic E-state index is 13.3. The number of hydrogen-bond donors (Lipinski definition) is 0. The average Bonchev–Trinajstić information content (AvgIpc) is 3.23. The zero-order chi connectivity index (χ0) is 21.4. The van der Waals surface area contributed by atoms with Gasteiger partial charge in [-0.15, -0.1) is 6.58 Å². The summed E-state index contributed by atoms with van der Waals surface area (Å²) in [4.78, 5) is 38.1. The summed E-state index contributed by atoms with van der Waals surface area (Å²) in [7, 11) is 0. The molecular formula is C24H34O5. The summed E-state index contributed by atoms with van der Waals surface area (Å²) < 4.78 is 12.0. The third-order valence-corrected chi connectivity index (χ3v) is 9.59. The molecule has 0 aromatic heterocycles. The van der Waals surface area contributed by atoms with E-state index in [2.05, 4.69) is 34.3 Å². The molecule has 4 fully saturated rings. The van der Waals surface area contributed by atoms with Crippen LogP contribution in [0.1, 0.15) is 66.7 Å². The minimum absolute atomic E-state index is 0.00525. The van der Waals surface area contributed by atoms with Crippen molar-refractivity contribution in [2.75, 3.05) is 0 Å². The summed E-state index contributed by atoms with van der Waals surface area (Å²) in [6.07, 6.45) is 4.63. The number of Topliss-reactive ketones (excluding diaryl/α,β-unsaturated/α-hetero) is 1. The Morgan fingerprint density at radius 1 is 1.24 bits per heavy atom. The summed E-state index contributed by atoms with van der Waals surface area (Å²) in [5.74, 6) is -0.338. The fourth-order valence-corrected chi connectivity index (χ4v) is 7.84. The van der Waals surface area contributed by atoms with Crippen molar-refractivity contribution in [3.63, 3.8) is 0 Å². The van der Waals surface area contributed by atoms with Gasteiger partial charge in [-0.1, -0.05) is 33.8 Å². The predicted molar refractivity (Wildman–Crippen MR) is 108 cm³/mol. The van der Waals surface area contributed by atoms with Crippen molar-refractivity contribution in [1.29, 1.82) is 0 Å². The lowest BCUT2D eigenvalue weighted by Crippen LogP contribution is -2.65. The van der Waals surface area contributed by atoms with E-state index < -0.39 is 16.9 Å². The van der Waals surface area contributed by atoms with Crippen LogP contribution in [0.3, 0.4) is 0 Å². The molecule has 5 heteroatoms. The van der Waals surface area contributed by atoms with Gasteiger partial charge in [-0.05, 0) is 30.6 Å². The van der Waals surface area contributed by atoms with Gasteiger partial charge in [0.05, 0.1) is 6.42 Å². The zero-order valence-corrected chi connectivity index (χ0v) is 18.3. The molecule has 4 rings (SSSR count). The third kappa shape index (κ3) is 2.48. The number of ether oxygens (including phenoxy) is 2. The lowest BCUT2D eigenvalue weighted by atomic mass is 9.42. The molecule has 0 radical (unpaired) electrons. The minimum Gasteiger partial charge on any atom is -0.461 e. The summed E-state index contributed by atoms with van der Waals surface area (Å²) in [6.45, 7) is 14.1. The molecule has 1 aliphatic heterocycles. The normalized spacial score (nSPS) is 51.3. The van der Waals surface area contributed by atoms with Crippen molar-refractivity contribution in [3.8, 4) is 0 Å². The number of esters is 2. The highest BCUT2D eigenvalue weighted by atomic mass is 16.6. The molecule has 3 saturated carbocycles. The van der Waals surface area contributed by atoms with Crippen molar-refractivity contribution in [1.82, 2.24) is 0 Å². The van der Waals surface area contributed by atoms with Gasteiger partial charge in [-0.2, -0.15) is 0 Å². The lowest BCUT2D eigenvalue weighted by molar-refractivity contribution is -0.213. The second kappa shape index (κ2) is 6.42. The van der Waals surface area contributed by atoms with Crippen LogP contribution >= 0.6 is 0 Å². The Morgan fingerprint density at radius 3 is 2.55 bits per heavy atom. The highest BCUT2D eigenvalue weighted by molar-refractivity contribution is 5.86. The van der Waals surface area contributed by atoms with Crippen molar-refractivity contribution in [3.05, 3.63) is 12.7 Å². The number of carbonyl (C=O) groups is 3. The van der Waals surface area contributed by atoms with E-state index in [1.807, 2.05) is 6.08 Å². The van der Waals surface area contributed by atoms with Crippen LogP contribution in [-0.4, -0.2) is 29.9 Å². The van der Waals surface area contributed by atoms with E-state index in [1.54, 1.807) is 0 Å². The van der Waals surface area contributed by atoms with Crippen molar-refractivity contribution in [2.24, 2.45) is 39.9 Å². The Labute approximate surface area is 173 Å². The molecule has 1 saturated heterocycles. The molecule has 0 amide bonds. The zero-order valence-electron chi connectivity index (χ0n) is 18.3. The van der Waals surface area contributed by atoms with Crippen LogP contribution in [0.15, 0.2) is 12.7 Å². The topological polar surface area (TPSA) is 69.7 Å². The van der Waals surface area contributed by atoms with Crippen LogP contribution in [0.25, 0.3) is 0 Å². The Hall–Kier alpha value is -1.65. The molecule has 2 bridgehead atoms. The van der Waals surface area contributed by atoms with E-state index in [0.717, 1.165) is 19.3 Å². The van der Waals surface area contributed by atoms with Crippen molar-refractivity contribution < 1.29 is 23.9 Å². The van der Waals surface area contributed by atoms with Gasteiger partial charge in [-0.3, -0.25) is 14.4 Å². The van der Waals surface area contributed by atoms with Crippen LogP contribution in [0.2, 0.25) is 0 Å². The molecule has 0 spiro atoms. The van der Waals surface area contributed by atoms with E-state index in [-0.39, 0.29) is 59.3 Å². The van der Waals surface area contributed by atoms with Crippen LogP contribution in [0.5, 0.6) is 0 Å². The number of rotatable bonds is 2. The maximum atomic E-state index is 13.3. The molecule has 1 heterocycles. The first-order chi connectivity index (χ1) is 13.5. The second-order valence-corrected chi connectivity index (χ2v) is 10.5. The van der Waals surface area contributed by atoms with Crippen LogP contribution in [0, 0.1) is 39.9 Å². The highest BCUT2D eigenvalue weighted by Crippen LogP contribution is 2.70. The maximum Gasteiger partial charge on any atom is 0.306 e. The quantitative estimate of drug-likeness (QED) is 0.514. The van der Waals surface area contributed by atoms with Crippen molar-refractivity contribution in [2.45, 2.75) is 78.9 Å². The molecule has 5 nitrogen and oxygen atoms in total. The van der Waals surface area contributed by atoms with E-state index in [4.69, 9.17) is 9.47 Å². The van der Waals surface area contributed by atoms with E-state index in [1.165, 1.54) is 6.92 Å². The average molecular weight is 403 g/mol. The Kier molecular flexibility index (Phi) is 4.57. The van der Waals surface area contributed by atoms with Gasteiger partial charge >= 0.3 is 11.9 Å². The fraction of sp³-hybridized carbons (Fsp3) is 0.792. The van der Waals surface area contributed by atoms with Gasteiger partial charge < -0.3 is 9.47 Å². The molecule has 0 N–H and O–H groups in total. The first-order valence-corrected chi connectivity index (χ1v) is 11.1. The molecule has 0 aromatic rings. The van der Waals surface area contributed by atoms with Gasteiger partial charge in [0, 0.05) is 41.9 Å². The lowest BCUT2D eigenvalue weighted by Gasteiger charge is -2.62. The van der Waals surface area contributed by atoms with Gasteiger partial charge in [-0.25, -0.2) is 0 Å². The van der Waals surface area contributed by atoms with E-state index in [0.29, 0.717) is 6.42 Å². The monoisotopic (exact) mass is 402 g/mol. The summed E-state index contributed by atoms with van der Waals surface area (Å²) >= 11 is 0. The highest BCUT2D eigenvalue weighted by Gasteiger charge is 2.72. The molecule has 3 aliphatic carbocycles. The van der Waals surface area contributed by atoms with Gasteiger partial charge in [0.1, 0.15) is 18.0 Å². The molecule has 0 unspecified atom stereocenters. The summed E-state index contributed by atoms with van der Waals surface area (Å²) in [5, 5.41) is 0. The first kappa shape index (κ1) is 20.6. The Morgan fingerprint density at radius 2 is 1.93 bits per heavy atom. The number of hydrogen-bond acceptors (Lipinski definition) is 5. The second-order valence-electron chi connectivity index (χ2n) is 10.5. The predicted octanol–water partition coefficient (Wildman–Crippen LogP) is 4.09. The summed E-state index contributed by atoms with van der Waals surface area (Å²) in [6, 6.07) is 0. The fourth-order valence-electron chi connectivity index (χ4n) is 7.84. The number of carbonyl (C=O) groups excluding carboxylic acids is 3. The van der Waals surface area contributed by atoms with E-state index in [9.17, 15) is 14.4 Å². The summed E-state index contributed by atoms with van der Waals surface area (Å²) in [5.41, 5.74) is -1.26. The molecular weight excluding hydrogens is 368 g/mol. The number of ketones is 1. The Bertz CT molecular complexity index is 773. The van der Waals surface area contributed by atoms with Crippen LogP contribution < -0.4 is 0 Å². The number of fused-ring (bicyclic) bond motifs is 2. The van der Waals surface area contributed by atoms with Crippen molar-refractivity contribution >= 4 is 17.7 Å². The molecule has 4 aliphatic rings. The van der Waals surface area contributed by atoms with Gasteiger partial charge in [0.2, 0.25) is 0 Å². The molecule has 0 aromatic carbocycles. The molecule has 9 atom stereocenters. The standard InChI is InChI=1S/C24H34O5/c1-7-22(5)16-12-18(27)29-21(16)23(6)13(2)8-10-24(11-9-17(26)19(23)24)14(3)20(22)28-15(4)25/h7,13-14,16,19-21H,1,8-12H2,2-6H3/t13-,14+,16-,19+,20+,21-,22-,23-,24+/m1/s1. The van der Waals surface area contributed by atoms with E-state index >= 15 is 0 Å². The Balaban J connectivity index is 1.99. The SMILES string of the molecule is C=C[C@]1(C)[C@@H]2CC(=O)O[C@H]2[C@]2(C)[C@H](C)CC[C@]3(CCC(=O)[C@H]32)[C@@H](C)[C@@H]1OC(C)=O. The third-order valence-electron chi connectivity index (χ3n) is 9.59. The molecule has 160 valence electrons. The van der Waals surface area contributed by atoms with Gasteiger partial charge in [0.15, 0.2) is 0 Å². The molecule has 29 heavy (non-hydrogen) atoms. The largest absolute Gasteiger partial charge is 0.461 e. The van der Waals surface area contributed by atoms with Crippen LogP contribution in [0.4, 0.5) is 0 Å². The van der Waals surface area contributed by atoms with Gasteiger partial charge in [0.25, 0.3) is 0 Å². The first-order valence-electron chi connectivity index (χ1n) is 11.1. The smallest absolute Gasteiger partial charge is 0.306 e. The van der Waals surface area contributed by atoms with Crippen LogP contribution in [-0.2, 0) is 23.9 Å².